The Balaban J connectivity index is 1.61. The Hall–Kier alpha value is -2.95. The fourth-order valence-corrected chi connectivity index (χ4v) is 2.69. The molecule has 0 atom stereocenters. The molecule has 2 heterocycles. The van der Waals surface area contributed by atoms with E-state index in [1.54, 1.807) is 17.0 Å². The van der Waals surface area contributed by atoms with Crippen LogP contribution in [0.25, 0.3) is 11.3 Å². The quantitative estimate of drug-likeness (QED) is 0.673. The van der Waals surface area contributed by atoms with Crippen LogP contribution in [0.1, 0.15) is 37.4 Å². The van der Waals surface area contributed by atoms with Crippen molar-refractivity contribution in [2.75, 3.05) is 0 Å². The van der Waals surface area contributed by atoms with Gasteiger partial charge in [-0.1, -0.05) is 36.4 Å². The Morgan fingerprint density at radius 1 is 1.15 bits per heavy atom. The van der Waals surface area contributed by atoms with Gasteiger partial charge in [-0.15, -0.1) is 0 Å². The third-order valence-electron chi connectivity index (χ3n) is 3.89. The molecular weight excluding hydrogens is 326 g/mol. The zero-order valence-corrected chi connectivity index (χ0v) is 15.1. The highest BCUT2D eigenvalue weighted by atomic mass is 16.4. The topological polar surface area (TPSA) is 60.4 Å². The lowest BCUT2D eigenvalue weighted by molar-refractivity contribution is 0.0894. The van der Waals surface area contributed by atoms with Crippen molar-refractivity contribution in [3.63, 3.8) is 0 Å². The fraction of sp³-hybridized carbons (Fsp3) is 0.286. The molecule has 5 nitrogen and oxygen atoms in total. The van der Waals surface area contributed by atoms with Crippen molar-refractivity contribution in [1.82, 2.24) is 9.55 Å². The van der Waals surface area contributed by atoms with Gasteiger partial charge in [-0.2, -0.15) is 0 Å². The highest BCUT2D eigenvalue weighted by Crippen LogP contribution is 2.20. The second kappa shape index (κ2) is 8.43. The van der Waals surface area contributed by atoms with Gasteiger partial charge in [0.2, 0.25) is 5.91 Å². The van der Waals surface area contributed by atoms with Crippen LogP contribution in [0.15, 0.2) is 70.3 Å². The van der Waals surface area contributed by atoms with E-state index in [2.05, 4.69) is 9.98 Å². The Bertz CT molecular complexity index is 923. The normalized spacial score (nSPS) is 11.9. The van der Waals surface area contributed by atoms with Crippen molar-refractivity contribution in [3.8, 4) is 11.3 Å². The van der Waals surface area contributed by atoms with E-state index in [1.165, 1.54) is 0 Å². The molecule has 0 amide bonds. The first-order chi connectivity index (χ1) is 12.6. The molecule has 134 valence electrons. The van der Waals surface area contributed by atoms with Crippen molar-refractivity contribution in [1.29, 1.82) is 0 Å². The second-order valence-corrected chi connectivity index (χ2v) is 6.38. The Kier molecular flexibility index (Phi) is 5.79. The summed E-state index contributed by atoms with van der Waals surface area (Å²) in [4.78, 5) is 21.3. The molecule has 0 saturated heterocycles. The van der Waals surface area contributed by atoms with E-state index < -0.39 is 0 Å². The number of rotatable bonds is 6. The van der Waals surface area contributed by atoms with E-state index in [0.717, 1.165) is 11.3 Å². The maximum absolute atomic E-state index is 12.5. The van der Waals surface area contributed by atoms with Crippen molar-refractivity contribution < 1.29 is 9.21 Å². The monoisotopic (exact) mass is 349 g/mol. The highest BCUT2D eigenvalue weighted by molar-refractivity contribution is 5.78. The zero-order chi connectivity index (χ0) is 18.4. The van der Waals surface area contributed by atoms with Crippen molar-refractivity contribution >= 4 is 5.91 Å². The molecule has 0 radical (unpaired) electrons. The molecule has 0 aliphatic heterocycles. The first-order valence-corrected chi connectivity index (χ1v) is 8.88. The first-order valence-electron chi connectivity index (χ1n) is 8.88. The molecule has 0 unspecified atom stereocenters. The molecule has 0 saturated carbocycles. The predicted octanol–water partition coefficient (Wildman–Crippen LogP) is 4.12. The van der Waals surface area contributed by atoms with Gasteiger partial charge in [-0.25, -0.2) is 4.98 Å². The maximum Gasteiger partial charge on any atom is 0.232 e. The molecule has 3 rings (SSSR count). The minimum Gasteiger partial charge on any atom is -0.441 e. The van der Waals surface area contributed by atoms with Gasteiger partial charge < -0.3 is 4.42 Å². The van der Waals surface area contributed by atoms with Gasteiger partial charge in [0.1, 0.15) is 5.49 Å². The average molecular weight is 349 g/mol. The molecule has 0 bridgehead atoms. The average Bonchev–Trinajstić information content (AvgIpc) is 3.11. The number of aryl methyl sites for hydroxylation is 1. The lowest BCUT2D eigenvalue weighted by Crippen LogP contribution is -2.27. The molecule has 0 spiro atoms. The molecule has 1 aromatic carbocycles. The van der Waals surface area contributed by atoms with Gasteiger partial charge in [-0.3, -0.25) is 14.4 Å². The number of carbonyl (C=O) groups excluding carboxylic acids is 1. The van der Waals surface area contributed by atoms with E-state index in [0.29, 0.717) is 30.6 Å². The Labute approximate surface area is 153 Å². The summed E-state index contributed by atoms with van der Waals surface area (Å²) in [5.41, 5.74) is 1.69. The van der Waals surface area contributed by atoms with E-state index >= 15 is 0 Å². The number of carbonyl (C=O) groups is 1. The molecule has 26 heavy (non-hydrogen) atoms. The molecule has 0 aliphatic carbocycles. The third-order valence-corrected chi connectivity index (χ3v) is 3.89. The smallest absolute Gasteiger partial charge is 0.232 e. The van der Waals surface area contributed by atoms with Crippen LogP contribution in [0.3, 0.4) is 0 Å². The van der Waals surface area contributed by atoms with Gasteiger partial charge in [0, 0.05) is 30.6 Å². The standard InChI is InChI=1S/C21H23N3O2/c1-16(2)23-19-11-6-7-14-24(19)21(25)13-8-12-20-22-15-18(26-20)17-9-4-3-5-10-17/h3-7,9-11,14-16H,8,12-13H2,1-2H3. The SMILES string of the molecule is CC(C)N=c1ccccn1C(=O)CCCc1ncc(-c2ccccc2)o1. The number of oxazole rings is 1. The van der Waals surface area contributed by atoms with E-state index in [-0.39, 0.29) is 11.9 Å². The lowest BCUT2D eigenvalue weighted by atomic mass is 10.2. The number of hydrogen-bond donors (Lipinski definition) is 0. The Morgan fingerprint density at radius 3 is 2.69 bits per heavy atom. The summed E-state index contributed by atoms with van der Waals surface area (Å²) < 4.78 is 7.40. The number of benzene rings is 1. The Morgan fingerprint density at radius 2 is 1.92 bits per heavy atom. The van der Waals surface area contributed by atoms with Crippen LogP contribution >= 0.6 is 0 Å². The van der Waals surface area contributed by atoms with Crippen LogP contribution in [0.4, 0.5) is 0 Å². The summed E-state index contributed by atoms with van der Waals surface area (Å²) >= 11 is 0. The van der Waals surface area contributed by atoms with Crippen LogP contribution in [-0.4, -0.2) is 21.5 Å². The van der Waals surface area contributed by atoms with Crippen molar-refractivity contribution in [2.45, 2.75) is 39.2 Å². The molecule has 3 aromatic rings. The van der Waals surface area contributed by atoms with E-state index in [4.69, 9.17) is 4.42 Å². The summed E-state index contributed by atoms with van der Waals surface area (Å²) in [5.74, 6) is 1.43. The lowest BCUT2D eigenvalue weighted by Gasteiger charge is -2.06. The summed E-state index contributed by atoms with van der Waals surface area (Å²) in [6.07, 6.45) is 5.22. The fourth-order valence-electron chi connectivity index (χ4n) is 2.69. The molecule has 0 fully saturated rings. The van der Waals surface area contributed by atoms with Crippen molar-refractivity contribution in [2.24, 2.45) is 4.99 Å². The second-order valence-electron chi connectivity index (χ2n) is 6.38. The van der Waals surface area contributed by atoms with Gasteiger partial charge in [0.05, 0.1) is 6.20 Å². The van der Waals surface area contributed by atoms with Crippen LogP contribution in [0, 0.1) is 0 Å². The van der Waals surface area contributed by atoms with E-state index in [1.807, 2.05) is 62.4 Å². The minimum atomic E-state index is 0.0276. The summed E-state index contributed by atoms with van der Waals surface area (Å²) in [7, 11) is 0. The number of aromatic nitrogens is 2. The molecule has 2 aromatic heterocycles. The third kappa shape index (κ3) is 4.57. The van der Waals surface area contributed by atoms with Crippen molar-refractivity contribution in [3.05, 3.63) is 72.3 Å². The number of hydrogen-bond acceptors (Lipinski definition) is 4. The van der Waals surface area contributed by atoms with Crippen LogP contribution in [0.2, 0.25) is 0 Å². The molecule has 5 heteroatoms. The van der Waals surface area contributed by atoms with Crippen LogP contribution < -0.4 is 5.49 Å². The van der Waals surface area contributed by atoms with E-state index in [9.17, 15) is 4.79 Å². The molecule has 0 N–H and O–H groups in total. The minimum absolute atomic E-state index is 0.0276. The highest BCUT2D eigenvalue weighted by Gasteiger charge is 2.09. The summed E-state index contributed by atoms with van der Waals surface area (Å²) in [5, 5.41) is 0. The maximum atomic E-state index is 12.5. The van der Waals surface area contributed by atoms with Gasteiger partial charge >= 0.3 is 0 Å². The number of nitrogens with zero attached hydrogens (tertiary/aromatic N) is 3. The van der Waals surface area contributed by atoms with Gasteiger partial charge in [0.15, 0.2) is 11.7 Å². The number of pyridine rings is 1. The zero-order valence-electron chi connectivity index (χ0n) is 15.1. The van der Waals surface area contributed by atoms with Gasteiger partial charge in [-0.05, 0) is 32.4 Å². The van der Waals surface area contributed by atoms with Crippen LogP contribution in [-0.2, 0) is 6.42 Å². The summed E-state index contributed by atoms with van der Waals surface area (Å²) in [6, 6.07) is 15.6. The predicted molar refractivity (Wildman–Crippen MR) is 101 cm³/mol. The first kappa shape index (κ1) is 17.9. The van der Waals surface area contributed by atoms with Crippen LogP contribution in [0.5, 0.6) is 0 Å². The summed E-state index contributed by atoms with van der Waals surface area (Å²) in [6.45, 7) is 3.99. The molecular formula is C21H23N3O2. The van der Waals surface area contributed by atoms with Gasteiger partial charge in [0.25, 0.3) is 0 Å². The molecule has 0 aliphatic rings. The largest absolute Gasteiger partial charge is 0.441 e.